The number of hydrogen-bond acceptors (Lipinski definition) is 4. The normalized spacial score (nSPS) is 10.6. The predicted molar refractivity (Wildman–Crippen MR) is 113 cm³/mol. The van der Waals surface area contributed by atoms with Gasteiger partial charge in [-0.15, -0.1) is 5.10 Å². The second-order valence-corrected chi connectivity index (χ2v) is 6.94. The summed E-state index contributed by atoms with van der Waals surface area (Å²) in [5.41, 5.74) is 5.42. The van der Waals surface area contributed by atoms with E-state index in [0.29, 0.717) is 5.69 Å². The molecule has 0 saturated carbocycles. The highest BCUT2D eigenvalue weighted by atomic mass is 16.2. The number of para-hydroxylation sites is 1. The minimum atomic E-state index is -0.343. The lowest BCUT2D eigenvalue weighted by molar-refractivity contribution is -0.117. The van der Waals surface area contributed by atoms with Crippen LogP contribution in [0.5, 0.6) is 0 Å². The third kappa shape index (κ3) is 4.51. The van der Waals surface area contributed by atoms with Gasteiger partial charge in [-0.2, -0.15) is 0 Å². The topological polar surface area (TPSA) is 88.9 Å². The first-order valence-electron chi connectivity index (χ1n) is 9.56. The van der Waals surface area contributed by atoms with Crippen LogP contribution in [0.15, 0.2) is 42.5 Å². The first-order chi connectivity index (χ1) is 13.9. The molecule has 29 heavy (non-hydrogen) atoms. The summed E-state index contributed by atoms with van der Waals surface area (Å²) in [6, 6.07) is 13.4. The minimum Gasteiger partial charge on any atom is -0.324 e. The lowest BCUT2D eigenvalue weighted by atomic mass is 10.1. The summed E-state index contributed by atoms with van der Waals surface area (Å²) < 4.78 is 1.43. The molecule has 2 aromatic carbocycles. The number of nitrogens with zero attached hydrogens (tertiary/aromatic N) is 3. The predicted octanol–water partition coefficient (Wildman–Crippen LogP) is 3.66. The zero-order valence-corrected chi connectivity index (χ0v) is 17.1. The third-order valence-corrected chi connectivity index (χ3v) is 5.02. The molecule has 150 valence electrons. The molecule has 3 aromatic rings. The number of hydrogen-bond donors (Lipinski definition) is 2. The van der Waals surface area contributed by atoms with Gasteiger partial charge in [0.25, 0.3) is 5.91 Å². The maximum atomic E-state index is 12.6. The van der Waals surface area contributed by atoms with E-state index in [9.17, 15) is 9.59 Å². The highest BCUT2D eigenvalue weighted by Gasteiger charge is 2.19. The van der Waals surface area contributed by atoms with Crippen LogP contribution in [-0.2, 0) is 17.8 Å². The molecule has 0 unspecified atom stereocenters. The number of anilines is 2. The van der Waals surface area contributed by atoms with Crippen LogP contribution in [0.4, 0.5) is 11.4 Å². The molecule has 1 heterocycles. The van der Waals surface area contributed by atoms with Gasteiger partial charge in [-0.1, -0.05) is 42.5 Å². The van der Waals surface area contributed by atoms with E-state index < -0.39 is 0 Å². The minimum absolute atomic E-state index is 0.0228. The number of rotatable bonds is 6. The van der Waals surface area contributed by atoms with E-state index in [0.717, 1.165) is 34.5 Å². The second kappa shape index (κ2) is 8.68. The molecule has 0 aliphatic carbocycles. The van der Waals surface area contributed by atoms with Crippen molar-refractivity contribution >= 4 is 23.2 Å². The summed E-state index contributed by atoms with van der Waals surface area (Å²) >= 11 is 0. The summed E-state index contributed by atoms with van der Waals surface area (Å²) in [5, 5.41) is 13.7. The number of carbonyl (C=O) groups excluding carboxylic acids is 2. The molecular weight excluding hydrogens is 366 g/mol. The molecule has 0 aliphatic rings. The molecule has 0 spiro atoms. The van der Waals surface area contributed by atoms with Crippen LogP contribution in [0.3, 0.4) is 0 Å². The van der Waals surface area contributed by atoms with E-state index in [1.54, 1.807) is 6.92 Å². The van der Waals surface area contributed by atoms with Gasteiger partial charge in [0.1, 0.15) is 6.54 Å². The van der Waals surface area contributed by atoms with E-state index >= 15 is 0 Å². The van der Waals surface area contributed by atoms with E-state index in [1.165, 1.54) is 4.68 Å². The van der Waals surface area contributed by atoms with Gasteiger partial charge < -0.3 is 10.6 Å². The number of nitrogens with one attached hydrogen (secondary N) is 2. The van der Waals surface area contributed by atoms with Gasteiger partial charge in [0.2, 0.25) is 5.91 Å². The van der Waals surface area contributed by atoms with Crippen molar-refractivity contribution in [2.75, 3.05) is 10.6 Å². The maximum absolute atomic E-state index is 12.6. The Kier molecular flexibility index (Phi) is 6.07. The lowest BCUT2D eigenvalue weighted by Crippen LogP contribution is -2.21. The van der Waals surface area contributed by atoms with Crippen molar-refractivity contribution in [3.63, 3.8) is 0 Å². The fourth-order valence-corrected chi connectivity index (χ4v) is 3.06. The smallest absolute Gasteiger partial charge is 0.278 e. The molecular formula is C22H25N5O2. The molecule has 0 fully saturated rings. The van der Waals surface area contributed by atoms with Crippen LogP contribution in [0.1, 0.15) is 39.8 Å². The highest BCUT2D eigenvalue weighted by Crippen LogP contribution is 2.19. The lowest BCUT2D eigenvalue weighted by Gasteiger charge is -2.11. The van der Waals surface area contributed by atoms with Gasteiger partial charge in [0.05, 0.1) is 5.69 Å². The van der Waals surface area contributed by atoms with E-state index in [4.69, 9.17) is 0 Å². The average molecular weight is 391 g/mol. The summed E-state index contributed by atoms with van der Waals surface area (Å²) in [5.74, 6) is -0.570. The van der Waals surface area contributed by atoms with Crippen LogP contribution >= 0.6 is 0 Å². The van der Waals surface area contributed by atoms with Crippen molar-refractivity contribution in [2.24, 2.45) is 0 Å². The van der Waals surface area contributed by atoms with Gasteiger partial charge in [-0.05, 0) is 56.0 Å². The Morgan fingerprint density at radius 3 is 2.45 bits per heavy atom. The molecule has 0 aliphatic heterocycles. The Balaban J connectivity index is 1.71. The zero-order valence-electron chi connectivity index (χ0n) is 17.1. The number of amides is 2. The van der Waals surface area contributed by atoms with Crippen LogP contribution in [-0.4, -0.2) is 26.8 Å². The summed E-state index contributed by atoms with van der Waals surface area (Å²) in [7, 11) is 0. The van der Waals surface area contributed by atoms with E-state index in [-0.39, 0.29) is 24.1 Å². The molecule has 2 amide bonds. The zero-order chi connectivity index (χ0) is 21.0. The van der Waals surface area contributed by atoms with Crippen molar-refractivity contribution < 1.29 is 9.59 Å². The molecule has 0 radical (unpaired) electrons. The summed E-state index contributed by atoms with van der Waals surface area (Å²) in [6.45, 7) is 7.69. The Morgan fingerprint density at radius 2 is 1.69 bits per heavy atom. The van der Waals surface area contributed by atoms with Gasteiger partial charge >= 0.3 is 0 Å². The molecule has 7 heteroatoms. The standard InChI is InChI=1S/C22H25N5O2/c1-5-17-10-6-7-11-19(17)24-22(29)21-16(4)27(26-25-21)13-20(28)23-18-12-8-9-14(2)15(18)3/h6-12H,5,13H2,1-4H3,(H,23,28)(H,24,29). The molecule has 0 saturated heterocycles. The number of carbonyl (C=O) groups is 2. The number of aromatic nitrogens is 3. The molecule has 2 N–H and O–H groups in total. The summed E-state index contributed by atoms with van der Waals surface area (Å²) in [4.78, 5) is 25.1. The molecule has 0 atom stereocenters. The third-order valence-electron chi connectivity index (χ3n) is 5.02. The van der Waals surface area contributed by atoms with Crippen molar-refractivity contribution in [1.82, 2.24) is 15.0 Å². The fraction of sp³-hybridized carbons (Fsp3) is 0.273. The summed E-state index contributed by atoms with van der Waals surface area (Å²) in [6.07, 6.45) is 0.806. The number of aryl methyl sites for hydroxylation is 2. The second-order valence-electron chi connectivity index (χ2n) is 6.94. The van der Waals surface area contributed by atoms with E-state index in [2.05, 4.69) is 20.9 Å². The van der Waals surface area contributed by atoms with Gasteiger partial charge in [-0.3, -0.25) is 9.59 Å². The Hall–Kier alpha value is -3.48. The maximum Gasteiger partial charge on any atom is 0.278 e. The molecule has 3 rings (SSSR count). The van der Waals surface area contributed by atoms with Crippen LogP contribution in [0.25, 0.3) is 0 Å². The molecule has 7 nitrogen and oxygen atoms in total. The van der Waals surface area contributed by atoms with E-state index in [1.807, 2.05) is 63.2 Å². The first-order valence-corrected chi connectivity index (χ1v) is 9.56. The van der Waals surface area contributed by atoms with Crippen molar-refractivity contribution in [2.45, 2.75) is 40.7 Å². The van der Waals surface area contributed by atoms with Crippen LogP contribution in [0, 0.1) is 20.8 Å². The van der Waals surface area contributed by atoms with Crippen molar-refractivity contribution in [1.29, 1.82) is 0 Å². The fourth-order valence-electron chi connectivity index (χ4n) is 3.06. The first kappa shape index (κ1) is 20.3. The van der Waals surface area contributed by atoms with Crippen molar-refractivity contribution in [3.8, 4) is 0 Å². The quantitative estimate of drug-likeness (QED) is 0.671. The Labute approximate surface area is 170 Å². The Morgan fingerprint density at radius 1 is 0.966 bits per heavy atom. The van der Waals surface area contributed by atoms with Crippen LogP contribution < -0.4 is 10.6 Å². The number of benzene rings is 2. The highest BCUT2D eigenvalue weighted by molar-refractivity contribution is 6.04. The van der Waals surface area contributed by atoms with Crippen LogP contribution in [0.2, 0.25) is 0 Å². The van der Waals surface area contributed by atoms with Gasteiger partial charge in [-0.25, -0.2) is 4.68 Å². The van der Waals surface area contributed by atoms with Gasteiger partial charge in [0.15, 0.2) is 5.69 Å². The molecule has 0 bridgehead atoms. The Bertz CT molecular complexity index is 1060. The molecule has 1 aromatic heterocycles. The SMILES string of the molecule is CCc1ccccc1NC(=O)c1nnn(CC(=O)Nc2cccc(C)c2C)c1C. The largest absolute Gasteiger partial charge is 0.324 e. The monoisotopic (exact) mass is 391 g/mol. The van der Waals surface area contributed by atoms with Crippen molar-refractivity contribution in [3.05, 3.63) is 70.5 Å². The average Bonchev–Trinajstić information content (AvgIpc) is 3.06. The van der Waals surface area contributed by atoms with Gasteiger partial charge in [0, 0.05) is 11.4 Å².